The topological polar surface area (TPSA) is 55.7 Å². The number of phenolic OH excluding ortho intramolecular Hbond substituents is 2. The summed E-state index contributed by atoms with van der Waals surface area (Å²) in [7, 11) is 3.92. The highest BCUT2D eigenvalue weighted by Crippen LogP contribution is 2.30. The van der Waals surface area contributed by atoms with Crippen LogP contribution in [0.4, 0.5) is 0 Å². The van der Waals surface area contributed by atoms with Gasteiger partial charge in [-0.1, -0.05) is 6.07 Å². The van der Waals surface area contributed by atoms with Crippen molar-refractivity contribution in [2.24, 2.45) is 0 Å². The highest BCUT2D eigenvalue weighted by Gasteiger charge is 2.14. The molecule has 0 heterocycles. The Balaban J connectivity index is 2.75. The van der Waals surface area contributed by atoms with Gasteiger partial charge in [-0.15, -0.1) is 0 Å². The predicted octanol–water partition coefficient (Wildman–Crippen LogP) is 1.31. The van der Waals surface area contributed by atoms with Crippen LogP contribution in [-0.4, -0.2) is 42.3 Å². The van der Waals surface area contributed by atoms with Gasteiger partial charge < -0.3 is 15.5 Å². The number of hydrogen-bond donors (Lipinski definition) is 3. The van der Waals surface area contributed by atoms with Crippen molar-refractivity contribution in [3.63, 3.8) is 0 Å². The third-order valence-corrected chi connectivity index (χ3v) is 2.84. The number of nitrogens with one attached hydrogen (secondary N) is 1. The second-order valence-corrected chi connectivity index (χ2v) is 4.00. The molecule has 0 amide bonds. The standard InChI is InChI=1S/C12H20N2O2/c1-9(14(3)7-6-13-2)11-5-4-10(15)8-12(11)16/h4-5,8-9,13,15-16H,6-7H2,1-3H3. The van der Waals surface area contributed by atoms with Gasteiger partial charge in [0.1, 0.15) is 11.5 Å². The van der Waals surface area contributed by atoms with Gasteiger partial charge in [0.15, 0.2) is 0 Å². The van der Waals surface area contributed by atoms with Crippen LogP contribution in [0.1, 0.15) is 18.5 Å². The van der Waals surface area contributed by atoms with Crippen molar-refractivity contribution < 1.29 is 10.2 Å². The molecule has 4 heteroatoms. The van der Waals surface area contributed by atoms with Crippen molar-refractivity contribution in [3.8, 4) is 11.5 Å². The molecule has 0 fully saturated rings. The summed E-state index contributed by atoms with van der Waals surface area (Å²) in [6.07, 6.45) is 0. The summed E-state index contributed by atoms with van der Waals surface area (Å²) < 4.78 is 0. The molecule has 16 heavy (non-hydrogen) atoms. The molecule has 3 N–H and O–H groups in total. The number of nitrogens with zero attached hydrogens (tertiary/aromatic N) is 1. The smallest absolute Gasteiger partial charge is 0.124 e. The molecule has 0 bridgehead atoms. The Morgan fingerprint density at radius 2 is 2.06 bits per heavy atom. The molecule has 0 saturated heterocycles. The van der Waals surface area contributed by atoms with Crippen LogP contribution >= 0.6 is 0 Å². The van der Waals surface area contributed by atoms with E-state index in [4.69, 9.17) is 0 Å². The zero-order valence-corrected chi connectivity index (χ0v) is 10.1. The minimum atomic E-state index is 0.0892. The van der Waals surface area contributed by atoms with Gasteiger partial charge >= 0.3 is 0 Å². The molecule has 0 spiro atoms. The molecule has 0 aliphatic carbocycles. The van der Waals surface area contributed by atoms with Crippen molar-refractivity contribution in [1.82, 2.24) is 10.2 Å². The molecule has 4 nitrogen and oxygen atoms in total. The lowest BCUT2D eigenvalue weighted by molar-refractivity contribution is 0.258. The van der Waals surface area contributed by atoms with E-state index in [1.165, 1.54) is 6.07 Å². The zero-order chi connectivity index (χ0) is 12.1. The number of phenols is 2. The number of likely N-dealkylation sites (N-methyl/N-ethyl adjacent to an activating group) is 2. The molecule has 0 aliphatic rings. The summed E-state index contributed by atoms with van der Waals surface area (Å²) in [6, 6.07) is 4.84. The number of hydrogen-bond acceptors (Lipinski definition) is 4. The normalized spacial score (nSPS) is 13.0. The summed E-state index contributed by atoms with van der Waals surface area (Å²) in [5, 5.41) is 22.0. The molecule has 90 valence electrons. The van der Waals surface area contributed by atoms with Gasteiger partial charge in [-0.3, -0.25) is 4.90 Å². The first-order chi connectivity index (χ1) is 7.56. The van der Waals surface area contributed by atoms with Gasteiger partial charge in [0.25, 0.3) is 0 Å². The highest BCUT2D eigenvalue weighted by atomic mass is 16.3. The largest absolute Gasteiger partial charge is 0.508 e. The van der Waals surface area contributed by atoms with Crippen molar-refractivity contribution >= 4 is 0 Å². The first-order valence-corrected chi connectivity index (χ1v) is 5.43. The lowest BCUT2D eigenvalue weighted by Crippen LogP contribution is -2.29. The maximum absolute atomic E-state index is 9.73. The number of rotatable bonds is 5. The molecular weight excluding hydrogens is 204 g/mol. The van der Waals surface area contributed by atoms with Crippen molar-refractivity contribution in [1.29, 1.82) is 0 Å². The van der Waals surface area contributed by atoms with Crippen LogP contribution in [0.15, 0.2) is 18.2 Å². The van der Waals surface area contributed by atoms with Gasteiger partial charge in [0.05, 0.1) is 0 Å². The van der Waals surface area contributed by atoms with E-state index in [1.54, 1.807) is 12.1 Å². The highest BCUT2D eigenvalue weighted by molar-refractivity contribution is 5.40. The first-order valence-electron chi connectivity index (χ1n) is 5.43. The summed E-state index contributed by atoms with van der Waals surface area (Å²) in [5.41, 5.74) is 0.830. The molecule has 1 unspecified atom stereocenters. The Morgan fingerprint density at radius 3 is 2.62 bits per heavy atom. The molecule has 0 aliphatic heterocycles. The molecule has 1 aromatic carbocycles. The van der Waals surface area contributed by atoms with E-state index in [9.17, 15) is 10.2 Å². The molecule has 1 rings (SSSR count). The van der Waals surface area contributed by atoms with Crippen LogP contribution < -0.4 is 5.32 Å². The summed E-state index contributed by atoms with van der Waals surface area (Å²) in [5.74, 6) is 0.232. The quantitative estimate of drug-likeness (QED) is 0.706. The van der Waals surface area contributed by atoms with Crippen molar-refractivity contribution in [2.45, 2.75) is 13.0 Å². The van der Waals surface area contributed by atoms with Gasteiger partial charge in [-0.05, 0) is 27.1 Å². The van der Waals surface area contributed by atoms with Crippen LogP contribution in [0.3, 0.4) is 0 Å². The van der Waals surface area contributed by atoms with E-state index in [1.807, 2.05) is 21.0 Å². The van der Waals surface area contributed by atoms with E-state index < -0.39 is 0 Å². The van der Waals surface area contributed by atoms with Gasteiger partial charge in [0, 0.05) is 30.8 Å². The van der Waals surface area contributed by atoms with E-state index >= 15 is 0 Å². The van der Waals surface area contributed by atoms with E-state index in [0.29, 0.717) is 0 Å². The third kappa shape index (κ3) is 3.12. The van der Waals surface area contributed by atoms with Crippen molar-refractivity contribution in [3.05, 3.63) is 23.8 Å². The fraction of sp³-hybridized carbons (Fsp3) is 0.500. The van der Waals surface area contributed by atoms with Crippen LogP contribution in [-0.2, 0) is 0 Å². The van der Waals surface area contributed by atoms with Crippen LogP contribution in [0.2, 0.25) is 0 Å². The van der Waals surface area contributed by atoms with Crippen molar-refractivity contribution in [2.75, 3.05) is 27.2 Å². The molecule has 0 aromatic heterocycles. The predicted molar refractivity (Wildman–Crippen MR) is 64.7 cm³/mol. The van der Waals surface area contributed by atoms with Crippen LogP contribution in [0.5, 0.6) is 11.5 Å². The maximum Gasteiger partial charge on any atom is 0.124 e. The molecule has 1 atom stereocenters. The van der Waals surface area contributed by atoms with E-state index in [2.05, 4.69) is 10.2 Å². The minimum absolute atomic E-state index is 0.0892. The third-order valence-electron chi connectivity index (χ3n) is 2.84. The van der Waals surface area contributed by atoms with Gasteiger partial charge in [-0.25, -0.2) is 0 Å². The van der Waals surface area contributed by atoms with Crippen LogP contribution in [0, 0.1) is 0 Å². The fourth-order valence-corrected chi connectivity index (χ4v) is 1.60. The Labute approximate surface area is 96.5 Å². The van der Waals surface area contributed by atoms with Crippen LogP contribution in [0.25, 0.3) is 0 Å². The molecule has 0 saturated carbocycles. The minimum Gasteiger partial charge on any atom is -0.508 e. The lowest BCUT2D eigenvalue weighted by Gasteiger charge is -2.25. The Bertz CT molecular complexity index is 342. The molecule has 0 radical (unpaired) electrons. The van der Waals surface area contributed by atoms with Gasteiger partial charge in [-0.2, -0.15) is 0 Å². The summed E-state index contributed by atoms with van der Waals surface area (Å²) in [6.45, 7) is 3.83. The SMILES string of the molecule is CNCCN(C)C(C)c1ccc(O)cc1O. The second kappa shape index (κ2) is 5.72. The maximum atomic E-state index is 9.73. The number of aromatic hydroxyl groups is 2. The lowest BCUT2D eigenvalue weighted by atomic mass is 10.1. The number of benzene rings is 1. The Kier molecular flexibility index (Phi) is 4.58. The monoisotopic (exact) mass is 224 g/mol. The molecular formula is C12H20N2O2. The summed E-state index contributed by atoms with van der Waals surface area (Å²) in [4.78, 5) is 2.14. The average Bonchev–Trinajstić information content (AvgIpc) is 2.25. The van der Waals surface area contributed by atoms with E-state index in [0.717, 1.165) is 18.7 Å². The molecule has 1 aromatic rings. The average molecular weight is 224 g/mol. The Morgan fingerprint density at radius 1 is 1.38 bits per heavy atom. The summed E-state index contributed by atoms with van der Waals surface area (Å²) >= 11 is 0. The first kappa shape index (κ1) is 12.8. The Hall–Kier alpha value is -1.26. The zero-order valence-electron chi connectivity index (χ0n) is 10.1. The van der Waals surface area contributed by atoms with E-state index in [-0.39, 0.29) is 17.5 Å². The second-order valence-electron chi connectivity index (χ2n) is 4.00. The van der Waals surface area contributed by atoms with Gasteiger partial charge in [0.2, 0.25) is 0 Å². The fourth-order valence-electron chi connectivity index (χ4n) is 1.60.